The summed E-state index contributed by atoms with van der Waals surface area (Å²) in [5, 5.41) is 6.64. The van der Waals surface area contributed by atoms with Crippen LogP contribution in [0.5, 0.6) is 0 Å². The summed E-state index contributed by atoms with van der Waals surface area (Å²) in [5.41, 5.74) is 11.8. The number of nitrogens with zero attached hydrogens (tertiary/aromatic N) is 5. The fraction of sp³-hybridized carbons (Fsp3) is 0. The van der Waals surface area contributed by atoms with E-state index < -0.39 is 0 Å². The fourth-order valence-corrected chi connectivity index (χ4v) is 7.04. The molecule has 5 aromatic heterocycles. The van der Waals surface area contributed by atoms with Crippen LogP contribution in [0.2, 0.25) is 0 Å². The maximum absolute atomic E-state index is 5.16. The van der Waals surface area contributed by atoms with Crippen LogP contribution in [-0.4, -0.2) is 24.9 Å². The van der Waals surface area contributed by atoms with E-state index in [0.717, 1.165) is 99.4 Å². The Morgan fingerprint density at radius 2 is 0.880 bits per heavy atom. The Labute approximate surface area is 287 Å². The molecule has 0 radical (unpaired) electrons. The van der Waals surface area contributed by atoms with Crippen molar-refractivity contribution < 1.29 is 0 Å². The number of rotatable bonds is 4. The summed E-state index contributed by atoms with van der Waals surface area (Å²) in [4.78, 5) is 24.3. The molecule has 0 atom stereocenters. The number of hydrogen-bond donors (Lipinski definition) is 0. The van der Waals surface area contributed by atoms with Gasteiger partial charge in [-0.1, -0.05) is 91.0 Å². The second-order valence-corrected chi connectivity index (χ2v) is 12.5. The Balaban J connectivity index is 1.01. The highest BCUT2D eigenvalue weighted by atomic mass is 14.8. The molecule has 10 aromatic rings. The molecule has 10 rings (SSSR count). The van der Waals surface area contributed by atoms with Crippen LogP contribution in [0, 0.1) is 0 Å². The Morgan fingerprint density at radius 3 is 1.56 bits per heavy atom. The first kappa shape index (κ1) is 28.2. The maximum Gasteiger partial charge on any atom is 0.0972 e. The molecule has 5 heterocycles. The van der Waals surface area contributed by atoms with Crippen molar-refractivity contribution in [1.82, 2.24) is 24.9 Å². The predicted molar refractivity (Wildman–Crippen MR) is 205 cm³/mol. The van der Waals surface area contributed by atoms with E-state index in [1.54, 1.807) is 6.20 Å². The van der Waals surface area contributed by atoms with Gasteiger partial charge in [-0.2, -0.15) is 0 Å². The lowest BCUT2D eigenvalue weighted by Crippen LogP contribution is -1.92. The van der Waals surface area contributed by atoms with Gasteiger partial charge in [-0.05, 0) is 82.6 Å². The molecule has 0 fully saturated rings. The molecule has 0 aliphatic heterocycles. The normalized spacial score (nSPS) is 11.6. The van der Waals surface area contributed by atoms with Crippen LogP contribution < -0.4 is 0 Å². The van der Waals surface area contributed by atoms with E-state index in [1.165, 1.54) is 0 Å². The summed E-state index contributed by atoms with van der Waals surface area (Å²) < 4.78 is 0. The summed E-state index contributed by atoms with van der Waals surface area (Å²) in [7, 11) is 0. The molecule has 0 saturated carbocycles. The summed E-state index contributed by atoms with van der Waals surface area (Å²) in [6.07, 6.45) is 3.63. The van der Waals surface area contributed by atoms with Gasteiger partial charge >= 0.3 is 0 Å². The van der Waals surface area contributed by atoms with Crippen LogP contribution in [0.25, 0.3) is 99.4 Å². The predicted octanol–water partition coefficient (Wildman–Crippen LogP) is 11.1. The first-order valence-electron chi connectivity index (χ1n) is 16.7. The molecule has 0 aliphatic carbocycles. The number of pyridine rings is 5. The lowest BCUT2D eigenvalue weighted by molar-refractivity contribution is 1.28. The number of benzene rings is 5. The van der Waals surface area contributed by atoms with Gasteiger partial charge in [-0.25, -0.2) is 15.0 Å². The molecule has 50 heavy (non-hydrogen) atoms. The molecule has 0 saturated heterocycles. The highest BCUT2D eigenvalue weighted by Gasteiger charge is 2.14. The average Bonchev–Trinajstić information content (AvgIpc) is 3.19. The minimum absolute atomic E-state index is 0.873. The van der Waals surface area contributed by atoms with Crippen molar-refractivity contribution in [3.05, 3.63) is 164 Å². The zero-order valence-corrected chi connectivity index (χ0v) is 26.8. The topological polar surface area (TPSA) is 64.5 Å². The van der Waals surface area contributed by atoms with Gasteiger partial charge in [0.15, 0.2) is 0 Å². The van der Waals surface area contributed by atoms with Gasteiger partial charge in [-0.15, -0.1) is 0 Å². The van der Waals surface area contributed by atoms with Gasteiger partial charge in [0.25, 0.3) is 0 Å². The van der Waals surface area contributed by atoms with Gasteiger partial charge < -0.3 is 0 Å². The zero-order chi connectivity index (χ0) is 33.0. The maximum atomic E-state index is 5.16. The second-order valence-electron chi connectivity index (χ2n) is 12.5. The van der Waals surface area contributed by atoms with Gasteiger partial charge in [0.1, 0.15) is 0 Å². The second kappa shape index (κ2) is 11.4. The molecular formula is C45H27N5. The first-order valence-corrected chi connectivity index (χ1v) is 16.7. The Morgan fingerprint density at radius 1 is 0.320 bits per heavy atom. The molecule has 5 aromatic carbocycles. The summed E-state index contributed by atoms with van der Waals surface area (Å²) in [6.45, 7) is 0. The Hall–Kier alpha value is -6.85. The van der Waals surface area contributed by atoms with Crippen molar-refractivity contribution in [3.8, 4) is 45.0 Å². The summed E-state index contributed by atoms with van der Waals surface area (Å²) in [6, 6.07) is 52.7. The molecule has 0 bridgehead atoms. The highest BCUT2D eigenvalue weighted by Crippen LogP contribution is 2.37. The smallest absolute Gasteiger partial charge is 0.0972 e. The van der Waals surface area contributed by atoms with Crippen LogP contribution >= 0.6 is 0 Å². The van der Waals surface area contributed by atoms with E-state index in [4.69, 9.17) is 15.0 Å². The lowest BCUT2D eigenvalue weighted by atomic mass is 9.95. The molecule has 5 heteroatoms. The Bertz CT molecular complexity index is 2940. The van der Waals surface area contributed by atoms with E-state index in [9.17, 15) is 0 Å². The molecular weight excluding hydrogens is 611 g/mol. The van der Waals surface area contributed by atoms with Crippen molar-refractivity contribution in [2.24, 2.45) is 0 Å². The van der Waals surface area contributed by atoms with Gasteiger partial charge in [0, 0.05) is 45.1 Å². The third-order valence-corrected chi connectivity index (χ3v) is 9.55. The van der Waals surface area contributed by atoms with Crippen molar-refractivity contribution >= 4 is 54.4 Å². The van der Waals surface area contributed by atoms with Crippen molar-refractivity contribution in [2.45, 2.75) is 0 Å². The van der Waals surface area contributed by atoms with Crippen LogP contribution in [-0.2, 0) is 0 Å². The standard InChI is InChI=1S/C45H27N5/c1-2-8-35-34(7-1)36(17-18-37(35)41-21-12-29-11-10-28-6-5-25-47-44(28)45(29)50-41)40-22-15-32-26-30(13-19-38(32)48-40)31-14-20-39-33(27-31)16-23-43(49-39)42-9-3-4-24-46-42/h1-27H. The van der Waals surface area contributed by atoms with Gasteiger partial charge in [-0.3, -0.25) is 9.97 Å². The quantitative estimate of drug-likeness (QED) is 0.180. The SMILES string of the molecule is c1ccc(-c2ccc3cc(-c4ccc5nc(-c6ccc(-c7ccc8ccc9cccnc9c8n7)c7ccccc67)ccc5c4)ccc3n2)nc1. The molecule has 0 aliphatic rings. The minimum Gasteiger partial charge on any atom is -0.255 e. The molecule has 0 N–H and O–H groups in total. The molecule has 0 amide bonds. The Kier molecular flexibility index (Phi) is 6.42. The van der Waals surface area contributed by atoms with Gasteiger partial charge in [0.05, 0.1) is 44.8 Å². The number of aromatic nitrogens is 5. The summed E-state index contributed by atoms with van der Waals surface area (Å²) in [5.74, 6) is 0. The van der Waals surface area contributed by atoms with E-state index in [-0.39, 0.29) is 0 Å². The minimum atomic E-state index is 0.873. The fourth-order valence-electron chi connectivity index (χ4n) is 7.04. The lowest BCUT2D eigenvalue weighted by Gasteiger charge is -2.13. The molecule has 232 valence electrons. The largest absolute Gasteiger partial charge is 0.255 e. The van der Waals surface area contributed by atoms with Crippen molar-refractivity contribution in [3.63, 3.8) is 0 Å². The van der Waals surface area contributed by atoms with E-state index in [1.807, 2.05) is 36.5 Å². The average molecular weight is 638 g/mol. The zero-order valence-electron chi connectivity index (χ0n) is 26.8. The highest BCUT2D eigenvalue weighted by molar-refractivity contribution is 6.07. The van der Waals surface area contributed by atoms with Crippen LogP contribution in [0.1, 0.15) is 0 Å². The van der Waals surface area contributed by atoms with Crippen molar-refractivity contribution in [2.75, 3.05) is 0 Å². The van der Waals surface area contributed by atoms with E-state index >= 15 is 0 Å². The van der Waals surface area contributed by atoms with E-state index in [2.05, 4.69) is 131 Å². The first-order chi connectivity index (χ1) is 24.7. The number of fused-ring (bicyclic) bond motifs is 6. The monoisotopic (exact) mass is 637 g/mol. The van der Waals surface area contributed by atoms with E-state index in [0.29, 0.717) is 0 Å². The van der Waals surface area contributed by atoms with Gasteiger partial charge in [0.2, 0.25) is 0 Å². The summed E-state index contributed by atoms with van der Waals surface area (Å²) >= 11 is 0. The molecule has 5 nitrogen and oxygen atoms in total. The molecule has 0 unspecified atom stereocenters. The third-order valence-electron chi connectivity index (χ3n) is 9.55. The van der Waals surface area contributed by atoms with Crippen molar-refractivity contribution in [1.29, 1.82) is 0 Å². The van der Waals surface area contributed by atoms with Crippen LogP contribution in [0.15, 0.2) is 164 Å². The van der Waals surface area contributed by atoms with Crippen LogP contribution in [0.4, 0.5) is 0 Å². The number of hydrogen-bond acceptors (Lipinski definition) is 5. The van der Waals surface area contributed by atoms with Crippen LogP contribution in [0.3, 0.4) is 0 Å². The molecule has 0 spiro atoms. The third kappa shape index (κ3) is 4.75.